The molecule has 176 valence electrons. The number of aromatic nitrogens is 2. The van der Waals surface area contributed by atoms with Gasteiger partial charge in [0.1, 0.15) is 5.69 Å². The van der Waals surface area contributed by atoms with Gasteiger partial charge < -0.3 is 18.9 Å². The van der Waals surface area contributed by atoms with Gasteiger partial charge in [-0.25, -0.2) is 0 Å². The number of methoxy groups -OCH3 is 4. The van der Waals surface area contributed by atoms with Gasteiger partial charge in [-0.15, -0.1) is 0 Å². The van der Waals surface area contributed by atoms with Crippen molar-refractivity contribution in [1.29, 1.82) is 0 Å². The molecule has 6 nitrogen and oxygen atoms in total. The number of rotatable bonds is 8. The highest BCUT2D eigenvalue weighted by Gasteiger charge is 2.21. The van der Waals surface area contributed by atoms with Gasteiger partial charge in [0, 0.05) is 11.1 Å². The molecule has 3 aromatic carbocycles. The van der Waals surface area contributed by atoms with E-state index in [4.69, 9.17) is 24.0 Å². The number of halogens is 1. The highest BCUT2D eigenvalue weighted by Crippen LogP contribution is 2.41. The molecule has 0 saturated carbocycles. The molecule has 0 saturated heterocycles. The first kappa shape index (κ1) is 23.7. The smallest absolute Gasteiger partial charge is 0.161 e. The normalized spacial score (nSPS) is 10.8. The van der Waals surface area contributed by atoms with Crippen LogP contribution in [0.5, 0.6) is 23.0 Å². The first-order chi connectivity index (χ1) is 16.5. The zero-order chi connectivity index (χ0) is 24.2. The van der Waals surface area contributed by atoms with Crippen LogP contribution in [0.3, 0.4) is 0 Å². The number of ether oxygens (including phenoxy) is 4. The average molecular weight is 523 g/mol. The predicted octanol–water partition coefficient (Wildman–Crippen LogP) is 6.37. The van der Waals surface area contributed by atoms with Crippen molar-refractivity contribution in [3.63, 3.8) is 0 Å². The molecule has 34 heavy (non-hydrogen) atoms. The summed E-state index contributed by atoms with van der Waals surface area (Å²) in [7, 11) is 6.52. The van der Waals surface area contributed by atoms with Gasteiger partial charge in [-0.2, -0.15) is 5.10 Å². The lowest BCUT2D eigenvalue weighted by Crippen LogP contribution is -2.04. The van der Waals surface area contributed by atoms with Crippen molar-refractivity contribution in [2.24, 2.45) is 0 Å². The minimum atomic E-state index is 0.608. The fourth-order valence-electron chi connectivity index (χ4n) is 3.97. The summed E-state index contributed by atoms with van der Waals surface area (Å²) in [6.45, 7) is 2.70. The van der Waals surface area contributed by atoms with E-state index in [0.717, 1.165) is 32.6 Å². The molecule has 4 rings (SSSR count). The van der Waals surface area contributed by atoms with E-state index in [1.54, 1.807) is 28.4 Å². The van der Waals surface area contributed by atoms with Crippen LogP contribution >= 0.6 is 15.9 Å². The fraction of sp³-hybridized carbons (Fsp3) is 0.222. The minimum absolute atomic E-state index is 0.608. The summed E-state index contributed by atoms with van der Waals surface area (Å²) in [6, 6.07) is 20.1. The Morgan fingerprint density at radius 1 is 0.735 bits per heavy atom. The highest BCUT2D eigenvalue weighted by atomic mass is 79.9. The monoisotopic (exact) mass is 522 g/mol. The predicted molar refractivity (Wildman–Crippen MR) is 137 cm³/mol. The van der Waals surface area contributed by atoms with Crippen molar-refractivity contribution >= 4 is 15.9 Å². The van der Waals surface area contributed by atoms with Gasteiger partial charge in [-0.05, 0) is 64.8 Å². The van der Waals surface area contributed by atoms with Crippen molar-refractivity contribution < 1.29 is 18.9 Å². The minimum Gasteiger partial charge on any atom is -0.493 e. The Morgan fingerprint density at radius 2 is 1.32 bits per heavy atom. The zero-order valence-corrected chi connectivity index (χ0v) is 21.5. The molecule has 0 aliphatic rings. The number of hydrogen-bond acceptors (Lipinski definition) is 5. The largest absolute Gasteiger partial charge is 0.493 e. The van der Waals surface area contributed by atoms with Crippen molar-refractivity contribution in [1.82, 2.24) is 9.78 Å². The Kier molecular flexibility index (Phi) is 7.12. The quantitative estimate of drug-likeness (QED) is 0.269. The molecule has 1 aromatic heterocycles. The van der Waals surface area contributed by atoms with Crippen molar-refractivity contribution in [2.75, 3.05) is 28.4 Å². The van der Waals surface area contributed by atoms with Gasteiger partial charge in [0.05, 0.1) is 45.2 Å². The Hall–Kier alpha value is -3.45. The molecule has 0 N–H and O–H groups in total. The summed E-state index contributed by atoms with van der Waals surface area (Å²) < 4.78 is 24.8. The van der Waals surface area contributed by atoms with Crippen molar-refractivity contribution in [2.45, 2.75) is 13.5 Å². The molecule has 4 aromatic rings. The fourth-order valence-corrected chi connectivity index (χ4v) is 4.71. The lowest BCUT2D eigenvalue weighted by Gasteiger charge is -2.12. The number of aryl methyl sites for hydroxylation is 1. The molecule has 0 aliphatic carbocycles. The van der Waals surface area contributed by atoms with Crippen LogP contribution < -0.4 is 18.9 Å². The summed E-state index contributed by atoms with van der Waals surface area (Å²) in [5.41, 5.74) is 5.98. The second-order valence-corrected chi connectivity index (χ2v) is 8.59. The maximum absolute atomic E-state index is 5.56. The lowest BCUT2D eigenvalue weighted by atomic mass is 10.1. The third-order valence-corrected chi connectivity index (χ3v) is 6.37. The van der Waals surface area contributed by atoms with Crippen LogP contribution in [0.4, 0.5) is 0 Å². The molecular formula is C27H27BrN2O4. The lowest BCUT2D eigenvalue weighted by molar-refractivity contribution is 0.355. The number of benzene rings is 3. The van der Waals surface area contributed by atoms with Gasteiger partial charge in [-0.1, -0.05) is 29.8 Å². The van der Waals surface area contributed by atoms with Crippen LogP contribution in [-0.2, 0) is 6.54 Å². The molecule has 0 radical (unpaired) electrons. The van der Waals surface area contributed by atoms with Crippen LogP contribution in [0.2, 0.25) is 0 Å². The Labute approximate surface area is 208 Å². The van der Waals surface area contributed by atoms with E-state index in [0.29, 0.717) is 29.5 Å². The van der Waals surface area contributed by atoms with Gasteiger partial charge in [0.15, 0.2) is 23.0 Å². The van der Waals surface area contributed by atoms with Gasteiger partial charge in [0.25, 0.3) is 0 Å². The standard InChI is InChI=1S/C27H27BrN2O4/c1-17-7-6-8-18(13-17)16-30-27(20-10-12-22(32-3)24(15-20)34-5)25(28)26(29-30)19-9-11-21(31-2)23(14-19)33-4/h6-15H,16H2,1-5H3. The zero-order valence-electron chi connectivity index (χ0n) is 19.9. The summed E-state index contributed by atoms with van der Waals surface area (Å²) in [6.07, 6.45) is 0. The van der Waals surface area contributed by atoms with E-state index >= 15 is 0 Å². The van der Waals surface area contributed by atoms with E-state index in [1.807, 2.05) is 41.1 Å². The van der Waals surface area contributed by atoms with E-state index in [9.17, 15) is 0 Å². The third kappa shape index (κ3) is 4.61. The van der Waals surface area contributed by atoms with E-state index in [1.165, 1.54) is 5.56 Å². The molecule has 0 unspecified atom stereocenters. The molecule has 0 bridgehead atoms. The molecule has 0 atom stereocenters. The van der Waals surface area contributed by atoms with Gasteiger partial charge in [-0.3, -0.25) is 4.68 Å². The van der Waals surface area contributed by atoms with Crippen LogP contribution in [0.25, 0.3) is 22.5 Å². The Bertz CT molecular complexity index is 1320. The first-order valence-corrected chi connectivity index (χ1v) is 11.5. The summed E-state index contributed by atoms with van der Waals surface area (Å²) in [4.78, 5) is 0. The van der Waals surface area contributed by atoms with Crippen LogP contribution in [0, 0.1) is 6.92 Å². The van der Waals surface area contributed by atoms with Gasteiger partial charge >= 0.3 is 0 Å². The molecule has 7 heteroatoms. The van der Waals surface area contributed by atoms with E-state index in [2.05, 4.69) is 47.1 Å². The molecule has 0 aliphatic heterocycles. The Balaban J connectivity index is 1.89. The Morgan fingerprint density at radius 3 is 1.91 bits per heavy atom. The molecule has 0 fully saturated rings. The van der Waals surface area contributed by atoms with E-state index in [-0.39, 0.29) is 0 Å². The third-order valence-electron chi connectivity index (χ3n) is 5.62. The molecule has 1 heterocycles. The van der Waals surface area contributed by atoms with E-state index < -0.39 is 0 Å². The molecule has 0 amide bonds. The van der Waals surface area contributed by atoms with Gasteiger partial charge in [0.2, 0.25) is 0 Å². The molecular weight excluding hydrogens is 496 g/mol. The maximum atomic E-state index is 5.56. The number of nitrogens with zero attached hydrogens (tertiary/aromatic N) is 2. The SMILES string of the molecule is COc1ccc(-c2nn(Cc3cccc(C)c3)c(-c3ccc(OC)c(OC)c3)c2Br)cc1OC. The van der Waals surface area contributed by atoms with Crippen LogP contribution in [-0.4, -0.2) is 38.2 Å². The first-order valence-electron chi connectivity index (χ1n) is 10.8. The second-order valence-electron chi connectivity index (χ2n) is 7.80. The maximum Gasteiger partial charge on any atom is 0.161 e. The summed E-state index contributed by atoms with van der Waals surface area (Å²) in [5.74, 6) is 2.64. The van der Waals surface area contributed by atoms with Crippen LogP contribution in [0.15, 0.2) is 65.1 Å². The summed E-state index contributed by atoms with van der Waals surface area (Å²) in [5, 5.41) is 5.01. The van der Waals surface area contributed by atoms with Crippen molar-refractivity contribution in [3.8, 4) is 45.5 Å². The van der Waals surface area contributed by atoms with Crippen LogP contribution in [0.1, 0.15) is 11.1 Å². The van der Waals surface area contributed by atoms with Crippen molar-refractivity contribution in [3.05, 3.63) is 76.3 Å². The average Bonchev–Trinajstić information content (AvgIpc) is 3.18. The molecule has 0 spiro atoms. The second kappa shape index (κ2) is 10.2. The number of hydrogen-bond donors (Lipinski definition) is 0. The summed E-state index contributed by atoms with van der Waals surface area (Å²) >= 11 is 3.84. The highest BCUT2D eigenvalue weighted by molar-refractivity contribution is 9.10. The topological polar surface area (TPSA) is 54.7 Å².